The molecule has 1 fully saturated rings. The largest absolute Gasteiger partial charge is 0.464 e. The average molecular weight is 215 g/mol. The van der Waals surface area contributed by atoms with Gasteiger partial charge in [0, 0.05) is 17.0 Å². The highest BCUT2D eigenvalue weighted by molar-refractivity contribution is 5.81. The van der Waals surface area contributed by atoms with Crippen LogP contribution in [0.3, 0.4) is 0 Å². The van der Waals surface area contributed by atoms with Crippen LogP contribution in [0.2, 0.25) is 0 Å². The van der Waals surface area contributed by atoms with Gasteiger partial charge in [-0.15, -0.1) is 0 Å². The molecule has 2 heteroatoms. The van der Waals surface area contributed by atoms with Gasteiger partial charge in [-0.25, -0.2) is 0 Å². The molecule has 2 nitrogen and oxygen atoms in total. The average Bonchev–Trinajstić information content (AvgIpc) is 2.67. The Morgan fingerprint density at radius 3 is 2.81 bits per heavy atom. The summed E-state index contributed by atoms with van der Waals surface area (Å²) in [5.74, 6) is 0.783. The fourth-order valence-electron chi connectivity index (χ4n) is 2.66. The van der Waals surface area contributed by atoms with Crippen LogP contribution in [0, 0.1) is 5.92 Å². The van der Waals surface area contributed by atoms with Crippen LogP contribution in [-0.2, 0) is 0 Å². The van der Waals surface area contributed by atoms with E-state index in [0.717, 1.165) is 11.5 Å². The minimum Gasteiger partial charge on any atom is -0.464 e. The molecule has 1 unspecified atom stereocenters. The first-order valence-corrected chi connectivity index (χ1v) is 6.03. The molecule has 1 N–H and O–H groups in total. The molecule has 0 saturated heterocycles. The van der Waals surface area contributed by atoms with Crippen LogP contribution in [-0.4, -0.2) is 7.05 Å². The standard InChI is InChI=1S/C14H17NO/c1-15-14(10-5-4-6-10)12-9-16-13-8-3-2-7-11(12)13/h2-3,7-10,14-15H,4-6H2,1H3. The molecule has 3 rings (SSSR count). The molecule has 1 atom stereocenters. The fraction of sp³-hybridized carbons (Fsp3) is 0.429. The summed E-state index contributed by atoms with van der Waals surface area (Å²) < 4.78 is 5.61. The van der Waals surface area contributed by atoms with Gasteiger partial charge in [0.1, 0.15) is 5.58 Å². The zero-order valence-electron chi connectivity index (χ0n) is 9.57. The normalized spacial score (nSPS) is 18.6. The molecule has 84 valence electrons. The second-order valence-electron chi connectivity index (χ2n) is 4.64. The topological polar surface area (TPSA) is 25.2 Å². The highest BCUT2D eigenvalue weighted by Crippen LogP contribution is 2.40. The van der Waals surface area contributed by atoms with Gasteiger partial charge in [-0.2, -0.15) is 0 Å². The molecule has 1 saturated carbocycles. The van der Waals surface area contributed by atoms with E-state index >= 15 is 0 Å². The lowest BCUT2D eigenvalue weighted by atomic mass is 9.77. The number of hydrogen-bond donors (Lipinski definition) is 1. The monoisotopic (exact) mass is 215 g/mol. The molecule has 0 aliphatic heterocycles. The molecule has 16 heavy (non-hydrogen) atoms. The minimum atomic E-state index is 0.456. The van der Waals surface area contributed by atoms with Gasteiger partial charge < -0.3 is 9.73 Å². The smallest absolute Gasteiger partial charge is 0.134 e. The summed E-state index contributed by atoms with van der Waals surface area (Å²) in [6.45, 7) is 0. The Morgan fingerprint density at radius 1 is 1.31 bits per heavy atom. The molecule has 0 radical (unpaired) electrons. The summed E-state index contributed by atoms with van der Waals surface area (Å²) in [5.41, 5.74) is 2.32. The van der Waals surface area contributed by atoms with Gasteiger partial charge in [0.15, 0.2) is 0 Å². The molecule has 1 aliphatic carbocycles. The maximum absolute atomic E-state index is 5.61. The molecule has 1 aromatic carbocycles. The molecular weight excluding hydrogens is 198 g/mol. The van der Waals surface area contributed by atoms with Crippen molar-refractivity contribution in [3.63, 3.8) is 0 Å². The first-order valence-electron chi connectivity index (χ1n) is 6.03. The van der Waals surface area contributed by atoms with Crippen LogP contribution in [0.25, 0.3) is 11.0 Å². The molecule has 0 spiro atoms. The third-order valence-electron chi connectivity index (χ3n) is 3.78. The third kappa shape index (κ3) is 1.45. The van der Waals surface area contributed by atoms with Crippen LogP contribution >= 0.6 is 0 Å². The predicted octanol–water partition coefficient (Wildman–Crippen LogP) is 3.49. The van der Waals surface area contributed by atoms with Crippen LogP contribution in [0.5, 0.6) is 0 Å². The number of fused-ring (bicyclic) bond motifs is 1. The SMILES string of the molecule is CNC(c1coc2ccccc12)C1CCC1. The molecule has 1 aliphatic rings. The Labute approximate surface area is 95.6 Å². The van der Waals surface area contributed by atoms with Crippen LogP contribution < -0.4 is 5.32 Å². The van der Waals surface area contributed by atoms with E-state index in [9.17, 15) is 0 Å². The third-order valence-corrected chi connectivity index (χ3v) is 3.78. The van der Waals surface area contributed by atoms with Gasteiger partial charge in [0.05, 0.1) is 6.26 Å². The van der Waals surface area contributed by atoms with Gasteiger partial charge in [0.2, 0.25) is 0 Å². The zero-order valence-corrected chi connectivity index (χ0v) is 9.57. The Hall–Kier alpha value is -1.28. The summed E-state index contributed by atoms with van der Waals surface area (Å²) in [6, 6.07) is 8.74. The maximum Gasteiger partial charge on any atom is 0.134 e. The van der Waals surface area contributed by atoms with Crippen molar-refractivity contribution in [2.75, 3.05) is 7.05 Å². The van der Waals surface area contributed by atoms with E-state index in [0.29, 0.717) is 6.04 Å². The number of nitrogens with one attached hydrogen (secondary N) is 1. The van der Waals surface area contributed by atoms with Crippen molar-refractivity contribution in [1.82, 2.24) is 5.32 Å². The summed E-state index contributed by atoms with van der Waals surface area (Å²) in [4.78, 5) is 0. The highest BCUT2D eigenvalue weighted by Gasteiger charge is 2.29. The summed E-state index contributed by atoms with van der Waals surface area (Å²) in [5, 5.41) is 4.70. The lowest BCUT2D eigenvalue weighted by Crippen LogP contribution is -2.29. The van der Waals surface area contributed by atoms with Crippen molar-refractivity contribution in [3.8, 4) is 0 Å². The Kier molecular flexibility index (Phi) is 2.44. The second kappa shape index (κ2) is 3.95. The van der Waals surface area contributed by atoms with Gasteiger partial charge in [-0.3, -0.25) is 0 Å². The quantitative estimate of drug-likeness (QED) is 0.847. The lowest BCUT2D eigenvalue weighted by Gasteiger charge is -2.33. The number of benzene rings is 1. The predicted molar refractivity (Wildman–Crippen MR) is 65.4 cm³/mol. The number of hydrogen-bond acceptors (Lipinski definition) is 2. The van der Waals surface area contributed by atoms with Crippen molar-refractivity contribution in [2.24, 2.45) is 5.92 Å². The van der Waals surface area contributed by atoms with E-state index in [1.165, 1.54) is 30.2 Å². The molecule has 0 amide bonds. The summed E-state index contributed by atoms with van der Waals surface area (Å²) in [6.07, 6.45) is 5.97. The van der Waals surface area contributed by atoms with E-state index in [1.54, 1.807) is 0 Å². The van der Waals surface area contributed by atoms with E-state index in [4.69, 9.17) is 4.42 Å². The van der Waals surface area contributed by atoms with Crippen molar-refractivity contribution in [2.45, 2.75) is 25.3 Å². The Balaban J connectivity index is 2.02. The van der Waals surface area contributed by atoms with Gasteiger partial charge in [0.25, 0.3) is 0 Å². The van der Waals surface area contributed by atoms with E-state index in [1.807, 2.05) is 25.4 Å². The maximum atomic E-state index is 5.61. The second-order valence-corrected chi connectivity index (χ2v) is 4.64. The molecule has 2 aromatic rings. The Bertz CT molecular complexity index is 484. The Morgan fingerprint density at radius 2 is 2.12 bits per heavy atom. The van der Waals surface area contributed by atoms with E-state index in [-0.39, 0.29) is 0 Å². The van der Waals surface area contributed by atoms with E-state index in [2.05, 4.69) is 17.4 Å². The fourth-order valence-corrected chi connectivity index (χ4v) is 2.66. The number of para-hydroxylation sites is 1. The van der Waals surface area contributed by atoms with Crippen molar-refractivity contribution in [3.05, 3.63) is 36.1 Å². The molecule has 0 bridgehead atoms. The van der Waals surface area contributed by atoms with Gasteiger partial charge in [-0.05, 0) is 31.9 Å². The molecule has 1 heterocycles. The van der Waals surface area contributed by atoms with Gasteiger partial charge >= 0.3 is 0 Å². The van der Waals surface area contributed by atoms with Crippen LogP contribution in [0.1, 0.15) is 30.9 Å². The van der Waals surface area contributed by atoms with E-state index < -0.39 is 0 Å². The van der Waals surface area contributed by atoms with Crippen molar-refractivity contribution >= 4 is 11.0 Å². The first kappa shape index (κ1) is 9.91. The number of rotatable bonds is 3. The minimum absolute atomic E-state index is 0.456. The highest BCUT2D eigenvalue weighted by atomic mass is 16.3. The zero-order chi connectivity index (χ0) is 11.0. The molecule has 1 aromatic heterocycles. The summed E-state index contributed by atoms with van der Waals surface area (Å²) in [7, 11) is 2.05. The first-order chi connectivity index (χ1) is 7.90. The van der Waals surface area contributed by atoms with Crippen LogP contribution in [0.15, 0.2) is 34.9 Å². The van der Waals surface area contributed by atoms with Crippen molar-refractivity contribution in [1.29, 1.82) is 0 Å². The number of furan rings is 1. The van der Waals surface area contributed by atoms with Gasteiger partial charge in [-0.1, -0.05) is 24.6 Å². The molecular formula is C14H17NO. The van der Waals surface area contributed by atoms with Crippen LogP contribution in [0.4, 0.5) is 0 Å². The van der Waals surface area contributed by atoms with Crippen molar-refractivity contribution < 1.29 is 4.42 Å². The lowest BCUT2D eigenvalue weighted by molar-refractivity contribution is 0.239. The summed E-state index contributed by atoms with van der Waals surface area (Å²) >= 11 is 0.